The summed E-state index contributed by atoms with van der Waals surface area (Å²) in [6, 6.07) is 10.8. The number of hydrogen-bond donors (Lipinski definition) is 1. The van der Waals surface area contributed by atoms with Crippen molar-refractivity contribution in [2.45, 2.75) is 12.5 Å². The van der Waals surface area contributed by atoms with Crippen LogP contribution in [0.1, 0.15) is 17.2 Å². The van der Waals surface area contributed by atoms with Crippen molar-refractivity contribution in [3.63, 3.8) is 0 Å². The summed E-state index contributed by atoms with van der Waals surface area (Å²) in [4.78, 5) is 0. The molecular formula is C13H17N3. The molecule has 1 heterocycles. The van der Waals surface area contributed by atoms with Crippen LogP contribution in [-0.2, 0) is 13.5 Å². The minimum absolute atomic E-state index is 0.330. The summed E-state index contributed by atoms with van der Waals surface area (Å²) in [5, 5.41) is 7.53. The first-order valence-corrected chi connectivity index (χ1v) is 5.49. The van der Waals surface area contributed by atoms with Crippen LogP contribution in [0.25, 0.3) is 0 Å². The second-order valence-electron chi connectivity index (χ2n) is 3.98. The Labute approximate surface area is 96.1 Å². The van der Waals surface area contributed by atoms with Crippen molar-refractivity contribution in [2.75, 3.05) is 7.05 Å². The van der Waals surface area contributed by atoms with Gasteiger partial charge >= 0.3 is 0 Å². The van der Waals surface area contributed by atoms with Gasteiger partial charge in [-0.15, -0.1) is 0 Å². The number of nitrogens with one attached hydrogen (secondary N) is 1. The van der Waals surface area contributed by atoms with Gasteiger partial charge < -0.3 is 5.32 Å². The second kappa shape index (κ2) is 4.94. The SMILES string of the molecule is CNC(Cc1ccccc1)c1cnn(C)c1. The Hall–Kier alpha value is -1.61. The summed E-state index contributed by atoms with van der Waals surface area (Å²) in [7, 11) is 3.93. The van der Waals surface area contributed by atoms with E-state index < -0.39 is 0 Å². The van der Waals surface area contributed by atoms with E-state index in [0.717, 1.165) is 6.42 Å². The summed E-state index contributed by atoms with van der Waals surface area (Å²) >= 11 is 0. The number of aromatic nitrogens is 2. The molecule has 1 atom stereocenters. The molecule has 0 aliphatic heterocycles. The molecule has 0 saturated carbocycles. The zero-order valence-corrected chi connectivity index (χ0v) is 9.72. The van der Waals surface area contributed by atoms with Gasteiger partial charge in [0.2, 0.25) is 0 Å². The molecule has 1 aromatic heterocycles. The molecule has 84 valence electrons. The molecule has 1 unspecified atom stereocenters. The lowest BCUT2D eigenvalue weighted by molar-refractivity contribution is 0.591. The molecule has 3 heteroatoms. The van der Waals surface area contributed by atoms with Crippen molar-refractivity contribution in [1.29, 1.82) is 0 Å². The van der Waals surface area contributed by atoms with Crippen molar-refractivity contribution in [3.8, 4) is 0 Å². The summed E-state index contributed by atoms with van der Waals surface area (Å²) in [6.45, 7) is 0. The van der Waals surface area contributed by atoms with Crippen molar-refractivity contribution in [2.24, 2.45) is 7.05 Å². The molecule has 0 saturated heterocycles. The predicted octanol–water partition coefficient (Wildman–Crippen LogP) is 1.92. The Morgan fingerprint density at radius 2 is 2.06 bits per heavy atom. The topological polar surface area (TPSA) is 29.9 Å². The monoisotopic (exact) mass is 215 g/mol. The van der Waals surface area contributed by atoms with Crippen molar-refractivity contribution >= 4 is 0 Å². The van der Waals surface area contributed by atoms with E-state index in [4.69, 9.17) is 0 Å². The first-order valence-electron chi connectivity index (χ1n) is 5.49. The average molecular weight is 215 g/mol. The average Bonchev–Trinajstić information content (AvgIpc) is 2.74. The number of nitrogens with zero attached hydrogens (tertiary/aromatic N) is 2. The number of likely N-dealkylation sites (N-methyl/N-ethyl adjacent to an activating group) is 1. The molecule has 0 bridgehead atoms. The Kier molecular flexibility index (Phi) is 3.37. The number of hydrogen-bond acceptors (Lipinski definition) is 2. The fraction of sp³-hybridized carbons (Fsp3) is 0.308. The molecule has 0 amide bonds. The molecule has 0 aliphatic rings. The first-order chi connectivity index (χ1) is 7.79. The Morgan fingerprint density at radius 1 is 1.31 bits per heavy atom. The highest BCUT2D eigenvalue weighted by atomic mass is 15.2. The summed E-state index contributed by atoms with van der Waals surface area (Å²) in [6.07, 6.45) is 4.97. The van der Waals surface area contributed by atoms with Crippen LogP contribution in [0.4, 0.5) is 0 Å². The third-order valence-corrected chi connectivity index (χ3v) is 2.76. The van der Waals surface area contributed by atoms with Gasteiger partial charge in [-0.05, 0) is 19.0 Å². The highest BCUT2D eigenvalue weighted by Gasteiger charge is 2.11. The molecule has 0 fully saturated rings. The second-order valence-corrected chi connectivity index (χ2v) is 3.98. The molecule has 0 radical (unpaired) electrons. The maximum Gasteiger partial charge on any atom is 0.0537 e. The normalized spacial score (nSPS) is 12.6. The van der Waals surface area contributed by atoms with Crippen LogP contribution in [0.2, 0.25) is 0 Å². The highest BCUT2D eigenvalue weighted by molar-refractivity contribution is 5.20. The highest BCUT2D eigenvalue weighted by Crippen LogP contribution is 2.16. The van der Waals surface area contributed by atoms with E-state index in [-0.39, 0.29) is 0 Å². The molecule has 2 aromatic rings. The van der Waals surface area contributed by atoms with Gasteiger partial charge in [-0.3, -0.25) is 4.68 Å². The smallest absolute Gasteiger partial charge is 0.0537 e. The molecule has 2 rings (SSSR count). The molecule has 1 aromatic carbocycles. The molecule has 16 heavy (non-hydrogen) atoms. The minimum Gasteiger partial charge on any atom is -0.313 e. The fourth-order valence-corrected chi connectivity index (χ4v) is 1.86. The van der Waals surface area contributed by atoms with Gasteiger partial charge in [-0.25, -0.2) is 0 Å². The third-order valence-electron chi connectivity index (χ3n) is 2.76. The van der Waals surface area contributed by atoms with Crippen molar-refractivity contribution in [3.05, 3.63) is 53.9 Å². The molecule has 3 nitrogen and oxygen atoms in total. The zero-order valence-electron chi connectivity index (χ0n) is 9.72. The predicted molar refractivity (Wildman–Crippen MR) is 65.2 cm³/mol. The summed E-state index contributed by atoms with van der Waals surface area (Å²) in [5.41, 5.74) is 2.57. The lowest BCUT2D eigenvalue weighted by Crippen LogP contribution is -2.18. The van der Waals surface area contributed by atoms with Gasteiger partial charge in [0, 0.05) is 24.8 Å². The lowest BCUT2D eigenvalue weighted by atomic mass is 10.0. The fourth-order valence-electron chi connectivity index (χ4n) is 1.86. The number of aryl methyl sites for hydroxylation is 1. The van der Waals surface area contributed by atoms with Crippen LogP contribution >= 0.6 is 0 Å². The van der Waals surface area contributed by atoms with E-state index in [2.05, 4.69) is 40.9 Å². The van der Waals surface area contributed by atoms with E-state index in [1.54, 1.807) is 0 Å². The maximum atomic E-state index is 4.20. The number of rotatable bonds is 4. The van der Waals surface area contributed by atoms with Gasteiger partial charge in [-0.1, -0.05) is 30.3 Å². The third kappa shape index (κ3) is 2.49. The molecular weight excluding hydrogens is 198 g/mol. The van der Waals surface area contributed by atoms with Crippen molar-refractivity contribution in [1.82, 2.24) is 15.1 Å². The van der Waals surface area contributed by atoms with E-state index in [1.807, 2.05) is 31.0 Å². The lowest BCUT2D eigenvalue weighted by Gasteiger charge is -2.14. The van der Waals surface area contributed by atoms with E-state index >= 15 is 0 Å². The van der Waals surface area contributed by atoms with Crippen LogP contribution in [-0.4, -0.2) is 16.8 Å². The molecule has 1 N–H and O–H groups in total. The largest absolute Gasteiger partial charge is 0.313 e. The van der Waals surface area contributed by atoms with Gasteiger partial charge in [0.25, 0.3) is 0 Å². The maximum absolute atomic E-state index is 4.20. The minimum atomic E-state index is 0.330. The van der Waals surface area contributed by atoms with E-state index in [9.17, 15) is 0 Å². The van der Waals surface area contributed by atoms with Crippen LogP contribution in [0.3, 0.4) is 0 Å². The summed E-state index contributed by atoms with van der Waals surface area (Å²) in [5.74, 6) is 0. The van der Waals surface area contributed by atoms with Crippen molar-refractivity contribution < 1.29 is 0 Å². The van der Waals surface area contributed by atoms with Gasteiger partial charge in [0.1, 0.15) is 0 Å². The van der Waals surface area contributed by atoms with Crippen LogP contribution in [0.15, 0.2) is 42.7 Å². The van der Waals surface area contributed by atoms with Gasteiger partial charge in [-0.2, -0.15) is 5.10 Å². The summed E-state index contributed by atoms with van der Waals surface area (Å²) < 4.78 is 1.84. The zero-order chi connectivity index (χ0) is 11.4. The van der Waals surface area contributed by atoms with E-state index in [1.165, 1.54) is 11.1 Å². The standard InChI is InChI=1S/C13H17N3/c1-14-13(12-9-15-16(2)10-12)8-11-6-4-3-5-7-11/h3-7,9-10,13-14H,8H2,1-2H3. The van der Waals surface area contributed by atoms with Gasteiger partial charge in [0.05, 0.1) is 6.20 Å². The van der Waals surface area contributed by atoms with Crippen LogP contribution in [0, 0.1) is 0 Å². The first kappa shape index (κ1) is 10.9. The van der Waals surface area contributed by atoms with Crippen LogP contribution < -0.4 is 5.32 Å². The Morgan fingerprint density at radius 3 is 2.62 bits per heavy atom. The van der Waals surface area contributed by atoms with Gasteiger partial charge in [0.15, 0.2) is 0 Å². The molecule has 0 spiro atoms. The van der Waals surface area contributed by atoms with E-state index in [0.29, 0.717) is 6.04 Å². The quantitative estimate of drug-likeness (QED) is 0.844. The molecule has 0 aliphatic carbocycles. The number of benzene rings is 1. The Bertz CT molecular complexity index is 433. The Balaban J connectivity index is 2.12. The van der Waals surface area contributed by atoms with Crippen LogP contribution in [0.5, 0.6) is 0 Å².